The van der Waals surface area contributed by atoms with E-state index < -0.39 is 5.92 Å². The summed E-state index contributed by atoms with van der Waals surface area (Å²) >= 11 is 1.53. The standard InChI is InChI=1S/C22H20N2O3S/c1-14-8-10-15(11-9-14)24-20(26)13-16(21(24)19-7-4-12-28-19)22(27)23-17-5-2-3-6-18(17)25/h2-12,16,21,25H,13H2,1H3,(H,23,27)/t16-,21+/m0/s1. The second kappa shape index (κ2) is 7.48. The monoisotopic (exact) mass is 392 g/mol. The van der Waals surface area contributed by atoms with Crippen LogP contribution >= 0.6 is 11.3 Å². The number of phenols is 1. The minimum absolute atomic E-state index is 0.00300. The van der Waals surface area contributed by atoms with Gasteiger partial charge >= 0.3 is 0 Å². The Hall–Kier alpha value is -3.12. The van der Waals surface area contributed by atoms with Crippen LogP contribution in [0.15, 0.2) is 66.0 Å². The first-order valence-corrected chi connectivity index (χ1v) is 9.93. The summed E-state index contributed by atoms with van der Waals surface area (Å²) in [6, 6.07) is 17.8. The van der Waals surface area contributed by atoms with Crippen LogP contribution in [0.5, 0.6) is 5.75 Å². The van der Waals surface area contributed by atoms with Crippen LogP contribution in [0.4, 0.5) is 11.4 Å². The van der Waals surface area contributed by atoms with Crippen LogP contribution in [-0.2, 0) is 9.59 Å². The van der Waals surface area contributed by atoms with E-state index in [0.29, 0.717) is 5.69 Å². The van der Waals surface area contributed by atoms with E-state index in [9.17, 15) is 14.7 Å². The number of aromatic hydroxyl groups is 1. The van der Waals surface area contributed by atoms with Gasteiger partial charge in [-0.3, -0.25) is 9.59 Å². The molecule has 2 aromatic carbocycles. The van der Waals surface area contributed by atoms with Crippen LogP contribution in [0.2, 0.25) is 0 Å². The molecule has 1 aromatic heterocycles. The highest BCUT2D eigenvalue weighted by atomic mass is 32.1. The molecule has 0 saturated carbocycles. The number of nitrogens with zero attached hydrogens (tertiary/aromatic N) is 1. The van der Waals surface area contributed by atoms with E-state index >= 15 is 0 Å². The van der Waals surface area contributed by atoms with Crippen molar-refractivity contribution in [1.29, 1.82) is 0 Å². The van der Waals surface area contributed by atoms with E-state index in [2.05, 4.69) is 5.32 Å². The van der Waals surface area contributed by atoms with Gasteiger partial charge in [-0.15, -0.1) is 11.3 Å². The van der Waals surface area contributed by atoms with E-state index in [1.807, 2.05) is 48.7 Å². The first kappa shape index (κ1) is 18.3. The zero-order valence-electron chi connectivity index (χ0n) is 15.3. The van der Waals surface area contributed by atoms with Gasteiger partial charge in [0.15, 0.2) is 0 Å². The molecule has 0 unspecified atom stereocenters. The average molecular weight is 392 g/mol. The van der Waals surface area contributed by atoms with Crippen molar-refractivity contribution in [3.8, 4) is 5.75 Å². The van der Waals surface area contributed by atoms with Crippen LogP contribution in [0, 0.1) is 12.8 Å². The van der Waals surface area contributed by atoms with Crippen LogP contribution in [0.3, 0.4) is 0 Å². The van der Waals surface area contributed by atoms with E-state index in [-0.39, 0.29) is 30.0 Å². The fourth-order valence-electron chi connectivity index (χ4n) is 3.57. The highest BCUT2D eigenvalue weighted by molar-refractivity contribution is 7.10. The van der Waals surface area contributed by atoms with Gasteiger partial charge in [-0.25, -0.2) is 0 Å². The van der Waals surface area contributed by atoms with Crippen molar-refractivity contribution in [1.82, 2.24) is 0 Å². The molecule has 0 bridgehead atoms. The Bertz CT molecular complexity index is 999. The number of hydrogen-bond donors (Lipinski definition) is 2. The Morgan fingerprint density at radius 2 is 1.86 bits per heavy atom. The molecule has 2 N–H and O–H groups in total. The van der Waals surface area contributed by atoms with Crippen LogP contribution in [-0.4, -0.2) is 16.9 Å². The molecular weight excluding hydrogens is 372 g/mol. The highest BCUT2D eigenvalue weighted by Gasteiger charge is 2.45. The van der Waals surface area contributed by atoms with Crippen molar-refractivity contribution in [2.45, 2.75) is 19.4 Å². The lowest BCUT2D eigenvalue weighted by molar-refractivity contribution is -0.122. The second-order valence-corrected chi connectivity index (χ2v) is 7.86. The van der Waals surface area contributed by atoms with Gasteiger partial charge in [0.1, 0.15) is 5.75 Å². The molecule has 2 heterocycles. The van der Waals surface area contributed by atoms with Crippen molar-refractivity contribution >= 4 is 34.5 Å². The molecule has 1 aliphatic rings. The summed E-state index contributed by atoms with van der Waals surface area (Å²) in [5.41, 5.74) is 2.24. The van der Waals surface area contributed by atoms with E-state index in [0.717, 1.165) is 16.1 Å². The topological polar surface area (TPSA) is 69.6 Å². The van der Waals surface area contributed by atoms with Gasteiger partial charge in [0, 0.05) is 17.0 Å². The molecule has 1 fully saturated rings. The van der Waals surface area contributed by atoms with Gasteiger partial charge < -0.3 is 15.3 Å². The average Bonchev–Trinajstić information content (AvgIpc) is 3.32. The molecule has 1 aliphatic heterocycles. The molecule has 142 valence electrons. The maximum absolute atomic E-state index is 13.1. The number of carbonyl (C=O) groups is 2. The number of para-hydroxylation sites is 2. The molecule has 5 nitrogen and oxygen atoms in total. The van der Waals surface area contributed by atoms with Gasteiger partial charge in [0.05, 0.1) is 17.6 Å². The lowest BCUT2D eigenvalue weighted by Gasteiger charge is -2.27. The van der Waals surface area contributed by atoms with Crippen LogP contribution < -0.4 is 10.2 Å². The lowest BCUT2D eigenvalue weighted by atomic mass is 9.97. The molecule has 28 heavy (non-hydrogen) atoms. The molecule has 2 atom stereocenters. The Labute approximate surface area is 167 Å². The first-order chi connectivity index (χ1) is 13.5. The maximum Gasteiger partial charge on any atom is 0.230 e. The zero-order chi connectivity index (χ0) is 19.7. The summed E-state index contributed by atoms with van der Waals surface area (Å²) in [4.78, 5) is 28.6. The number of anilines is 2. The van der Waals surface area contributed by atoms with Crippen molar-refractivity contribution in [2.24, 2.45) is 5.92 Å². The van der Waals surface area contributed by atoms with Gasteiger partial charge in [-0.1, -0.05) is 35.9 Å². The van der Waals surface area contributed by atoms with Gasteiger partial charge in [0.2, 0.25) is 11.8 Å². The molecule has 2 amide bonds. The fraction of sp³-hybridized carbons (Fsp3) is 0.182. The number of phenolic OH excluding ortho intramolecular Hbond substituents is 1. The number of nitrogens with one attached hydrogen (secondary N) is 1. The lowest BCUT2D eigenvalue weighted by Crippen LogP contribution is -2.32. The van der Waals surface area contributed by atoms with Crippen LogP contribution in [0.1, 0.15) is 22.9 Å². The summed E-state index contributed by atoms with van der Waals surface area (Å²) < 4.78 is 0. The van der Waals surface area contributed by atoms with E-state index in [4.69, 9.17) is 0 Å². The first-order valence-electron chi connectivity index (χ1n) is 9.05. The van der Waals surface area contributed by atoms with Gasteiger partial charge in [-0.05, 0) is 42.6 Å². The number of rotatable bonds is 4. The van der Waals surface area contributed by atoms with Crippen molar-refractivity contribution < 1.29 is 14.7 Å². The molecule has 4 rings (SSSR count). The number of aryl methyl sites for hydroxylation is 1. The third-order valence-electron chi connectivity index (χ3n) is 4.97. The predicted molar refractivity (Wildman–Crippen MR) is 111 cm³/mol. The summed E-state index contributed by atoms with van der Waals surface area (Å²) in [5.74, 6) is -0.905. The number of amides is 2. The van der Waals surface area contributed by atoms with Gasteiger partial charge in [-0.2, -0.15) is 0 Å². The molecule has 0 radical (unpaired) electrons. The zero-order valence-corrected chi connectivity index (χ0v) is 16.1. The van der Waals surface area contributed by atoms with Crippen LogP contribution in [0.25, 0.3) is 0 Å². The smallest absolute Gasteiger partial charge is 0.230 e. The number of benzene rings is 2. The third kappa shape index (κ3) is 3.39. The van der Waals surface area contributed by atoms with Gasteiger partial charge in [0.25, 0.3) is 0 Å². The Morgan fingerprint density at radius 1 is 1.11 bits per heavy atom. The Morgan fingerprint density at radius 3 is 2.54 bits per heavy atom. The molecule has 3 aromatic rings. The molecular formula is C22H20N2O3S. The van der Waals surface area contributed by atoms with Crippen molar-refractivity contribution in [3.63, 3.8) is 0 Å². The minimum Gasteiger partial charge on any atom is -0.506 e. The number of carbonyl (C=O) groups excluding carboxylic acids is 2. The SMILES string of the molecule is Cc1ccc(N2C(=O)C[C@H](C(=O)Nc3ccccc3O)[C@@H]2c2cccs2)cc1. The predicted octanol–water partition coefficient (Wildman–Crippen LogP) is 4.50. The summed E-state index contributed by atoms with van der Waals surface area (Å²) in [6.45, 7) is 1.99. The van der Waals surface area contributed by atoms with E-state index in [1.54, 1.807) is 23.1 Å². The molecule has 1 saturated heterocycles. The summed E-state index contributed by atoms with van der Waals surface area (Å²) in [5, 5.41) is 14.7. The normalized spacial score (nSPS) is 19.0. The second-order valence-electron chi connectivity index (χ2n) is 6.88. The Balaban J connectivity index is 1.68. The Kier molecular flexibility index (Phi) is 4.88. The third-order valence-corrected chi connectivity index (χ3v) is 5.91. The molecule has 6 heteroatoms. The highest BCUT2D eigenvalue weighted by Crippen LogP contribution is 2.43. The molecule has 0 spiro atoms. The number of hydrogen-bond acceptors (Lipinski definition) is 4. The number of thiophene rings is 1. The summed E-state index contributed by atoms with van der Waals surface area (Å²) in [6.07, 6.45) is 0.121. The summed E-state index contributed by atoms with van der Waals surface area (Å²) in [7, 11) is 0. The fourth-order valence-corrected chi connectivity index (χ4v) is 4.45. The minimum atomic E-state index is -0.549. The van der Waals surface area contributed by atoms with Crippen molar-refractivity contribution in [2.75, 3.05) is 10.2 Å². The maximum atomic E-state index is 13.1. The van der Waals surface area contributed by atoms with E-state index in [1.165, 1.54) is 17.4 Å². The largest absolute Gasteiger partial charge is 0.506 e. The molecule has 0 aliphatic carbocycles. The van der Waals surface area contributed by atoms with Crippen molar-refractivity contribution in [3.05, 3.63) is 76.5 Å². The quantitative estimate of drug-likeness (QED) is 0.643.